The van der Waals surface area contributed by atoms with Crippen LogP contribution in [0.25, 0.3) is 0 Å². The van der Waals surface area contributed by atoms with Gasteiger partial charge in [-0.2, -0.15) is 0 Å². The van der Waals surface area contributed by atoms with Gasteiger partial charge in [0.25, 0.3) is 5.69 Å². The quantitative estimate of drug-likeness (QED) is 0.682. The number of non-ortho nitro benzene ring substituents is 1. The molecule has 1 saturated heterocycles. The van der Waals surface area contributed by atoms with Gasteiger partial charge < -0.3 is 10.2 Å². The van der Waals surface area contributed by atoms with Gasteiger partial charge in [0.1, 0.15) is 0 Å². The van der Waals surface area contributed by atoms with Crippen molar-refractivity contribution in [3.8, 4) is 0 Å². The van der Waals surface area contributed by atoms with Gasteiger partial charge in [-0.1, -0.05) is 13.8 Å². The molecule has 0 aromatic heterocycles. The molecule has 1 fully saturated rings. The van der Waals surface area contributed by atoms with Crippen molar-refractivity contribution in [3.05, 3.63) is 34.4 Å². The van der Waals surface area contributed by atoms with Crippen LogP contribution >= 0.6 is 0 Å². The number of carbonyl (C=O) groups is 1. The molecule has 0 bridgehead atoms. The molecule has 1 N–H and O–H groups in total. The van der Waals surface area contributed by atoms with Crippen molar-refractivity contribution < 1.29 is 9.72 Å². The zero-order chi connectivity index (χ0) is 15.4. The van der Waals surface area contributed by atoms with Crippen LogP contribution in [0.2, 0.25) is 0 Å². The van der Waals surface area contributed by atoms with Crippen molar-refractivity contribution in [2.45, 2.75) is 32.7 Å². The highest BCUT2D eigenvalue weighted by atomic mass is 16.6. The number of rotatable bonds is 4. The minimum absolute atomic E-state index is 0.0141. The monoisotopic (exact) mass is 291 g/mol. The van der Waals surface area contributed by atoms with E-state index in [4.69, 9.17) is 0 Å². The van der Waals surface area contributed by atoms with Gasteiger partial charge in [-0.05, 0) is 25.0 Å². The first-order valence-corrected chi connectivity index (χ1v) is 7.27. The number of hydrogen-bond donors (Lipinski definition) is 1. The molecule has 1 aromatic rings. The Morgan fingerprint density at radius 3 is 2.62 bits per heavy atom. The summed E-state index contributed by atoms with van der Waals surface area (Å²) in [6.45, 7) is 5.42. The van der Waals surface area contributed by atoms with E-state index in [0.29, 0.717) is 0 Å². The third-order valence-corrected chi connectivity index (χ3v) is 3.72. The predicted octanol–water partition coefficient (Wildman–Crippen LogP) is 2.34. The number of hydrogen-bond acceptors (Lipinski definition) is 4. The number of nitrogens with one attached hydrogen (secondary N) is 1. The summed E-state index contributed by atoms with van der Waals surface area (Å²) < 4.78 is 0. The molecule has 0 radical (unpaired) electrons. The molecule has 21 heavy (non-hydrogen) atoms. The van der Waals surface area contributed by atoms with Gasteiger partial charge in [0.2, 0.25) is 5.91 Å². The highest BCUT2D eigenvalue weighted by Crippen LogP contribution is 2.23. The molecular formula is C15H21N3O3. The highest BCUT2D eigenvalue weighted by molar-refractivity contribution is 5.78. The van der Waals surface area contributed by atoms with E-state index < -0.39 is 4.92 Å². The van der Waals surface area contributed by atoms with Crippen molar-refractivity contribution in [1.29, 1.82) is 0 Å². The first-order valence-electron chi connectivity index (χ1n) is 7.27. The summed E-state index contributed by atoms with van der Waals surface area (Å²) in [4.78, 5) is 24.2. The van der Waals surface area contributed by atoms with Crippen LogP contribution in [0.3, 0.4) is 0 Å². The zero-order valence-electron chi connectivity index (χ0n) is 12.4. The Hall–Kier alpha value is -2.11. The van der Waals surface area contributed by atoms with Crippen molar-refractivity contribution >= 4 is 17.3 Å². The minimum Gasteiger partial charge on any atom is -0.369 e. The Kier molecular flexibility index (Phi) is 4.77. The van der Waals surface area contributed by atoms with Crippen molar-refractivity contribution in [1.82, 2.24) is 5.32 Å². The fourth-order valence-electron chi connectivity index (χ4n) is 2.48. The summed E-state index contributed by atoms with van der Waals surface area (Å²) in [5.74, 6) is 0.0605. The van der Waals surface area contributed by atoms with Gasteiger partial charge in [0.05, 0.1) is 4.92 Å². The molecule has 6 nitrogen and oxygen atoms in total. The molecule has 2 rings (SSSR count). The molecule has 1 amide bonds. The average Bonchev–Trinajstić information content (AvgIpc) is 2.47. The Bertz CT molecular complexity index is 513. The second-order valence-corrected chi connectivity index (χ2v) is 5.72. The highest BCUT2D eigenvalue weighted by Gasteiger charge is 2.22. The van der Waals surface area contributed by atoms with Crippen molar-refractivity contribution in [2.75, 3.05) is 18.0 Å². The lowest BCUT2D eigenvalue weighted by atomic mass is 10.0. The van der Waals surface area contributed by atoms with Crippen LogP contribution in [0.4, 0.5) is 11.4 Å². The Balaban J connectivity index is 2.00. The third-order valence-electron chi connectivity index (χ3n) is 3.72. The van der Waals surface area contributed by atoms with Crippen LogP contribution in [0.15, 0.2) is 24.3 Å². The summed E-state index contributed by atoms with van der Waals surface area (Å²) in [5, 5.41) is 13.7. The van der Waals surface area contributed by atoms with Gasteiger partial charge in [0, 0.05) is 42.9 Å². The Morgan fingerprint density at radius 1 is 1.38 bits per heavy atom. The SMILES string of the molecule is CC(C)C(=O)NC1CCCN(c2ccc([N+](=O)[O-])cc2)C1. The Morgan fingerprint density at radius 2 is 2.05 bits per heavy atom. The van der Waals surface area contributed by atoms with Gasteiger partial charge in [-0.25, -0.2) is 0 Å². The molecule has 1 aliphatic rings. The van der Waals surface area contributed by atoms with Crippen LogP contribution in [-0.2, 0) is 4.79 Å². The summed E-state index contributed by atoms with van der Waals surface area (Å²) in [6.07, 6.45) is 1.97. The van der Waals surface area contributed by atoms with Crippen molar-refractivity contribution in [3.63, 3.8) is 0 Å². The van der Waals surface area contributed by atoms with Crippen LogP contribution in [0, 0.1) is 16.0 Å². The molecule has 1 heterocycles. The maximum Gasteiger partial charge on any atom is 0.269 e. The molecule has 1 atom stereocenters. The van der Waals surface area contributed by atoms with E-state index in [0.717, 1.165) is 31.6 Å². The smallest absolute Gasteiger partial charge is 0.269 e. The fraction of sp³-hybridized carbons (Fsp3) is 0.533. The molecule has 0 aliphatic carbocycles. The summed E-state index contributed by atoms with van der Waals surface area (Å²) >= 11 is 0. The maximum absolute atomic E-state index is 11.8. The lowest BCUT2D eigenvalue weighted by molar-refractivity contribution is -0.384. The number of benzene rings is 1. The van der Waals surface area contributed by atoms with E-state index in [1.54, 1.807) is 12.1 Å². The Labute approximate surface area is 124 Å². The lowest BCUT2D eigenvalue weighted by Crippen LogP contribution is -2.48. The van der Waals surface area contributed by atoms with Gasteiger partial charge in [-0.15, -0.1) is 0 Å². The molecule has 6 heteroatoms. The first-order chi connectivity index (χ1) is 9.97. The molecule has 114 valence electrons. The normalized spacial score (nSPS) is 18.6. The molecular weight excluding hydrogens is 270 g/mol. The largest absolute Gasteiger partial charge is 0.369 e. The van der Waals surface area contributed by atoms with E-state index in [1.165, 1.54) is 12.1 Å². The second kappa shape index (κ2) is 6.56. The van der Waals surface area contributed by atoms with Crippen LogP contribution in [0.1, 0.15) is 26.7 Å². The van der Waals surface area contributed by atoms with Crippen LogP contribution in [0.5, 0.6) is 0 Å². The average molecular weight is 291 g/mol. The summed E-state index contributed by atoms with van der Waals surface area (Å²) in [5.41, 5.74) is 1.06. The van der Waals surface area contributed by atoms with E-state index in [9.17, 15) is 14.9 Å². The number of nitrogens with zero attached hydrogens (tertiary/aromatic N) is 2. The van der Waals surface area contributed by atoms with Crippen LogP contribution < -0.4 is 10.2 Å². The van der Waals surface area contributed by atoms with E-state index in [2.05, 4.69) is 10.2 Å². The lowest BCUT2D eigenvalue weighted by Gasteiger charge is -2.35. The predicted molar refractivity (Wildman–Crippen MR) is 81.3 cm³/mol. The van der Waals surface area contributed by atoms with Gasteiger partial charge >= 0.3 is 0 Å². The minimum atomic E-state index is -0.397. The number of anilines is 1. The number of carbonyl (C=O) groups excluding carboxylic acids is 1. The number of piperidine rings is 1. The van der Waals surface area contributed by atoms with Gasteiger partial charge in [-0.3, -0.25) is 14.9 Å². The molecule has 1 aromatic carbocycles. The van der Waals surface area contributed by atoms with Crippen molar-refractivity contribution in [2.24, 2.45) is 5.92 Å². The van der Waals surface area contributed by atoms with E-state index in [1.807, 2.05) is 13.8 Å². The zero-order valence-corrected chi connectivity index (χ0v) is 12.4. The fourth-order valence-corrected chi connectivity index (χ4v) is 2.48. The summed E-state index contributed by atoms with van der Waals surface area (Å²) in [6, 6.07) is 6.72. The number of nitro benzene ring substituents is 1. The van der Waals surface area contributed by atoms with E-state index >= 15 is 0 Å². The van der Waals surface area contributed by atoms with Crippen LogP contribution in [-0.4, -0.2) is 30.0 Å². The summed E-state index contributed by atoms with van der Waals surface area (Å²) in [7, 11) is 0. The first kappa shape index (κ1) is 15.3. The molecule has 0 saturated carbocycles. The molecule has 0 spiro atoms. The molecule has 1 aliphatic heterocycles. The van der Waals surface area contributed by atoms with E-state index in [-0.39, 0.29) is 23.6 Å². The second-order valence-electron chi connectivity index (χ2n) is 5.72. The molecule has 1 unspecified atom stereocenters. The number of amides is 1. The third kappa shape index (κ3) is 3.93. The number of nitro groups is 1. The standard InChI is InChI=1S/C15H21N3O3/c1-11(2)15(19)16-12-4-3-9-17(10-12)13-5-7-14(8-6-13)18(20)21/h5-8,11-12H,3-4,9-10H2,1-2H3,(H,16,19). The topological polar surface area (TPSA) is 75.5 Å². The van der Waals surface area contributed by atoms with Gasteiger partial charge in [0.15, 0.2) is 0 Å². The maximum atomic E-state index is 11.8.